The Morgan fingerprint density at radius 1 is 1.15 bits per heavy atom. The number of nitrogens with zero attached hydrogens (tertiary/aromatic N) is 1. The van der Waals surface area contributed by atoms with E-state index in [0.717, 1.165) is 37.5 Å². The summed E-state index contributed by atoms with van der Waals surface area (Å²) in [5.41, 5.74) is 6.47. The SMILES string of the molecule is C=C(NCCCN(C)C)C(C)(C)CC(CC(CC1C2CCC(C2)C1C)C(N)=O)C(=O)NCCO. The first-order valence-corrected chi connectivity index (χ1v) is 13.2. The highest BCUT2D eigenvalue weighted by Gasteiger charge is 2.46. The van der Waals surface area contributed by atoms with Gasteiger partial charge in [0.25, 0.3) is 0 Å². The zero-order valence-electron chi connectivity index (χ0n) is 22.2. The smallest absolute Gasteiger partial charge is 0.223 e. The molecule has 2 saturated carbocycles. The van der Waals surface area contributed by atoms with Gasteiger partial charge in [-0.05, 0) is 89.3 Å². The van der Waals surface area contributed by atoms with E-state index >= 15 is 0 Å². The lowest BCUT2D eigenvalue weighted by Crippen LogP contribution is -2.40. The van der Waals surface area contributed by atoms with Crippen molar-refractivity contribution in [3.05, 3.63) is 12.3 Å². The second-order valence-electron chi connectivity index (χ2n) is 11.8. The minimum atomic E-state index is -0.367. The van der Waals surface area contributed by atoms with Gasteiger partial charge in [0.05, 0.1) is 6.61 Å². The van der Waals surface area contributed by atoms with E-state index in [0.29, 0.717) is 30.6 Å². The lowest BCUT2D eigenvalue weighted by atomic mass is 9.72. The minimum Gasteiger partial charge on any atom is -0.395 e. The molecule has 2 rings (SSSR count). The Bertz CT molecular complexity index is 691. The van der Waals surface area contributed by atoms with E-state index in [-0.39, 0.29) is 42.2 Å². The molecule has 0 heterocycles. The summed E-state index contributed by atoms with van der Waals surface area (Å²) in [4.78, 5) is 27.8. The van der Waals surface area contributed by atoms with E-state index < -0.39 is 0 Å². The van der Waals surface area contributed by atoms with E-state index in [2.05, 4.69) is 57.0 Å². The maximum absolute atomic E-state index is 13.1. The summed E-state index contributed by atoms with van der Waals surface area (Å²) in [7, 11) is 4.11. The fraction of sp³-hybridized carbons (Fsp3) is 0.852. The van der Waals surface area contributed by atoms with Gasteiger partial charge in [0.1, 0.15) is 0 Å². The molecule has 0 saturated heterocycles. The number of primary amides is 1. The second-order valence-corrected chi connectivity index (χ2v) is 11.8. The summed E-state index contributed by atoms with van der Waals surface area (Å²) in [6.45, 7) is 12.7. The van der Waals surface area contributed by atoms with Gasteiger partial charge < -0.3 is 26.4 Å². The summed E-state index contributed by atoms with van der Waals surface area (Å²) < 4.78 is 0. The second kappa shape index (κ2) is 12.9. The molecule has 0 aromatic carbocycles. The average Bonchev–Trinajstić information content (AvgIpc) is 3.35. The summed E-state index contributed by atoms with van der Waals surface area (Å²) in [5, 5.41) is 15.5. The molecule has 2 bridgehead atoms. The molecule has 2 aliphatic rings. The van der Waals surface area contributed by atoms with Crippen molar-refractivity contribution in [1.82, 2.24) is 15.5 Å². The Hall–Kier alpha value is -1.60. The molecule has 2 fully saturated rings. The van der Waals surface area contributed by atoms with Crippen molar-refractivity contribution in [2.45, 2.75) is 65.7 Å². The molecule has 196 valence electrons. The lowest BCUT2D eigenvalue weighted by Gasteiger charge is -2.35. The number of aliphatic hydroxyl groups is 1. The normalized spacial score (nSPS) is 25.9. The number of amides is 2. The Balaban J connectivity index is 2.06. The monoisotopic (exact) mass is 478 g/mol. The van der Waals surface area contributed by atoms with Crippen LogP contribution in [0.15, 0.2) is 12.3 Å². The summed E-state index contributed by atoms with van der Waals surface area (Å²) in [6.07, 6.45) is 6.67. The molecule has 0 aromatic rings. The molecule has 0 aliphatic heterocycles. The molecule has 7 nitrogen and oxygen atoms in total. The van der Waals surface area contributed by atoms with Crippen LogP contribution in [0.5, 0.6) is 0 Å². The quantitative estimate of drug-likeness (QED) is 0.255. The molecule has 0 radical (unpaired) electrons. The van der Waals surface area contributed by atoms with Gasteiger partial charge in [-0.15, -0.1) is 0 Å². The van der Waals surface area contributed by atoms with Gasteiger partial charge in [0.2, 0.25) is 11.8 Å². The van der Waals surface area contributed by atoms with Crippen LogP contribution in [0.1, 0.15) is 65.7 Å². The Morgan fingerprint density at radius 3 is 2.38 bits per heavy atom. The fourth-order valence-electron chi connectivity index (χ4n) is 6.33. The number of nitrogens with two attached hydrogens (primary N) is 1. The first kappa shape index (κ1) is 28.6. The molecule has 2 amide bonds. The molecule has 7 heteroatoms. The van der Waals surface area contributed by atoms with Crippen LogP contribution in [-0.2, 0) is 9.59 Å². The minimum absolute atomic E-state index is 0.107. The lowest BCUT2D eigenvalue weighted by molar-refractivity contribution is -0.128. The van der Waals surface area contributed by atoms with Crippen LogP contribution in [0.25, 0.3) is 0 Å². The maximum atomic E-state index is 13.1. The predicted octanol–water partition coefficient (Wildman–Crippen LogP) is 2.75. The van der Waals surface area contributed by atoms with Crippen molar-refractivity contribution in [2.75, 3.05) is 40.3 Å². The van der Waals surface area contributed by atoms with Gasteiger partial charge in [0.15, 0.2) is 0 Å². The summed E-state index contributed by atoms with van der Waals surface area (Å²) in [6, 6.07) is 0. The number of nitrogens with one attached hydrogen (secondary N) is 2. The van der Waals surface area contributed by atoms with Gasteiger partial charge in [-0.3, -0.25) is 9.59 Å². The number of allylic oxidation sites excluding steroid dienone is 1. The molecule has 0 aromatic heterocycles. The van der Waals surface area contributed by atoms with E-state index in [1.807, 2.05) is 0 Å². The number of rotatable bonds is 16. The van der Waals surface area contributed by atoms with Crippen molar-refractivity contribution >= 4 is 11.8 Å². The van der Waals surface area contributed by atoms with Gasteiger partial charge in [-0.25, -0.2) is 0 Å². The van der Waals surface area contributed by atoms with Gasteiger partial charge in [-0.1, -0.05) is 27.4 Å². The summed E-state index contributed by atoms with van der Waals surface area (Å²) >= 11 is 0. The topological polar surface area (TPSA) is 108 Å². The van der Waals surface area contributed by atoms with Gasteiger partial charge in [-0.2, -0.15) is 0 Å². The first-order chi connectivity index (χ1) is 16.0. The third-order valence-electron chi connectivity index (χ3n) is 8.54. The number of fused-ring (bicyclic) bond motifs is 2. The van der Waals surface area contributed by atoms with Crippen LogP contribution in [-0.4, -0.2) is 62.2 Å². The van der Waals surface area contributed by atoms with Crippen LogP contribution < -0.4 is 16.4 Å². The van der Waals surface area contributed by atoms with Crippen molar-refractivity contribution in [1.29, 1.82) is 0 Å². The zero-order chi connectivity index (χ0) is 25.5. The highest BCUT2D eigenvalue weighted by Crippen LogP contribution is 2.54. The molecule has 34 heavy (non-hydrogen) atoms. The molecule has 2 aliphatic carbocycles. The number of carbonyl (C=O) groups excluding carboxylic acids is 2. The Kier molecular flexibility index (Phi) is 10.9. The first-order valence-electron chi connectivity index (χ1n) is 13.2. The van der Waals surface area contributed by atoms with Crippen molar-refractivity contribution < 1.29 is 14.7 Å². The van der Waals surface area contributed by atoms with Crippen LogP contribution in [0.4, 0.5) is 0 Å². The molecule has 6 atom stereocenters. The third kappa shape index (κ3) is 7.98. The van der Waals surface area contributed by atoms with E-state index in [9.17, 15) is 14.7 Å². The van der Waals surface area contributed by atoms with E-state index in [4.69, 9.17) is 5.73 Å². The van der Waals surface area contributed by atoms with E-state index in [1.165, 1.54) is 19.3 Å². The highest BCUT2D eigenvalue weighted by molar-refractivity contribution is 5.81. The fourth-order valence-corrected chi connectivity index (χ4v) is 6.33. The molecular weight excluding hydrogens is 428 g/mol. The van der Waals surface area contributed by atoms with Crippen LogP contribution in [0.2, 0.25) is 0 Å². The van der Waals surface area contributed by atoms with Crippen molar-refractivity contribution in [2.24, 2.45) is 46.7 Å². The van der Waals surface area contributed by atoms with Crippen LogP contribution >= 0.6 is 0 Å². The highest BCUT2D eigenvalue weighted by atomic mass is 16.3. The molecular formula is C27H50N4O3. The largest absolute Gasteiger partial charge is 0.395 e. The standard InChI is InChI=1S/C27H50N4O3/c1-18-20-8-9-21(14-20)24(18)16-22(25(28)33)15-23(26(34)30-11-13-32)17-27(3,4)19(2)29-10-7-12-31(5)6/h18,20-24,29,32H,2,7-17H2,1,3-6H3,(H2,28,33)(H,30,34). The molecule has 0 spiro atoms. The zero-order valence-corrected chi connectivity index (χ0v) is 22.2. The number of hydrogen-bond acceptors (Lipinski definition) is 5. The van der Waals surface area contributed by atoms with Crippen molar-refractivity contribution in [3.63, 3.8) is 0 Å². The average molecular weight is 479 g/mol. The van der Waals surface area contributed by atoms with Crippen molar-refractivity contribution in [3.8, 4) is 0 Å². The Morgan fingerprint density at radius 2 is 1.82 bits per heavy atom. The number of carbonyl (C=O) groups is 2. The van der Waals surface area contributed by atoms with Gasteiger partial charge in [0, 0.05) is 36.0 Å². The Labute approximate surface area is 207 Å². The third-order valence-corrected chi connectivity index (χ3v) is 8.54. The molecule has 6 unspecified atom stereocenters. The number of hydrogen-bond donors (Lipinski definition) is 4. The maximum Gasteiger partial charge on any atom is 0.223 e. The van der Waals surface area contributed by atoms with Crippen LogP contribution in [0.3, 0.4) is 0 Å². The molecule has 5 N–H and O–H groups in total. The van der Waals surface area contributed by atoms with Crippen LogP contribution in [0, 0.1) is 40.9 Å². The summed E-state index contributed by atoms with van der Waals surface area (Å²) in [5.74, 6) is 1.55. The number of aliphatic hydroxyl groups excluding tert-OH is 1. The van der Waals surface area contributed by atoms with E-state index in [1.54, 1.807) is 0 Å². The van der Waals surface area contributed by atoms with Gasteiger partial charge >= 0.3 is 0 Å². The predicted molar refractivity (Wildman–Crippen MR) is 138 cm³/mol.